The highest BCUT2D eigenvalue weighted by atomic mass is 16.5. The number of aryl methyl sites for hydroxylation is 2. The quantitative estimate of drug-likeness (QED) is 0.925. The zero-order valence-corrected chi connectivity index (χ0v) is 12.7. The van der Waals surface area contributed by atoms with Crippen LogP contribution in [-0.4, -0.2) is 28.2 Å². The predicted octanol–water partition coefficient (Wildman–Crippen LogP) is 1.92. The van der Waals surface area contributed by atoms with Crippen molar-refractivity contribution in [2.45, 2.75) is 45.2 Å². The molecule has 0 spiro atoms. The second-order valence-electron chi connectivity index (χ2n) is 5.89. The lowest BCUT2D eigenvalue weighted by atomic mass is 9.78. The van der Waals surface area contributed by atoms with E-state index in [-0.39, 0.29) is 0 Å². The highest BCUT2D eigenvalue weighted by Crippen LogP contribution is 2.35. The minimum Gasteiger partial charge on any atom is -0.361 e. The number of hydrogen-bond donors (Lipinski definition) is 1. The van der Waals surface area contributed by atoms with Gasteiger partial charge in [0, 0.05) is 42.9 Å². The number of anilines is 1. The van der Waals surface area contributed by atoms with Crippen LogP contribution in [0.3, 0.4) is 0 Å². The SMILES string of the molecule is Cc1noc(C)c1CN(C)c1cc(C2CC(N)C2)ncn1. The maximum atomic E-state index is 5.86. The van der Waals surface area contributed by atoms with Gasteiger partial charge in [0.15, 0.2) is 0 Å². The zero-order valence-electron chi connectivity index (χ0n) is 12.7. The average molecular weight is 287 g/mol. The number of rotatable bonds is 4. The first kappa shape index (κ1) is 14.0. The van der Waals surface area contributed by atoms with E-state index in [0.29, 0.717) is 12.0 Å². The van der Waals surface area contributed by atoms with E-state index in [9.17, 15) is 0 Å². The lowest BCUT2D eigenvalue weighted by Gasteiger charge is -2.32. The standard InChI is InChI=1S/C15H21N5O/c1-9-13(10(2)21-19-9)7-20(3)15-6-14(17-8-18-15)11-4-12(16)5-11/h6,8,11-12H,4-5,7,16H2,1-3H3. The van der Waals surface area contributed by atoms with Crippen LogP contribution < -0.4 is 10.6 Å². The summed E-state index contributed by atoms with van der Waals surface area (Å²) in [6.07, 6.45) is 3.67. The van der Waals surface area contributed by atoms with Crippen molar-refractivity contribution in [1.29, 1.82) is 0 Å². The van der Waals surface area contributed by atoms with Crippen LogP contribution in [0.25, 0.3) is 0 Å². The van der Waals surface area contributed by atoms with Crippen molar-refractivity contribution in [3.05, 3.63) is 35.1 Å². The Balaban J connectivity index is 1.75. The van der Waals surface area contributed by atoms with Gasteiger partial charge in [0.25, 0.3) is 0 Å². The van der Waals surface area contributed by atoms with Crippen LogP contribution in [0.15, 0.2) is 16.9 Å². The predicted molar refractivity (Wildman–Crippen MR) is 80.1 cm³/mol. The first-order valence-electron chi connectivity index (χ1n) is 7.25. The van der Waals surface area contributed by atoms with Gasteiger partial charge in [0.2, 0.25) is 0 Å². The molecule has 6 nitrogen and oxygen atoms in total. The third kappa shape index (κ3) is 2.76. The summed E-state index contributed by atoms with van der Waals surface area (Å²) in [5.41, 5.74) is 8.99. The van der Waals surface area contributed by atoms with Crippen LogP contribution in [0.1, 0.15) is 41.5 Å². The summed E-state index contributed by atoms with van der Waals surface area (Å²) in [4.78, 5) is 10.9. The monoisotopic (exact) mass is 287 g/mol. The van der Waals surface area contributed by atoms with Gasteiger partial charge >= 0.3 is 0 Å². The van der Waals surface area contributed by atoms with Crippen molar-refractivity contribution in [3.63, 3.8) is 0 Å². The van der Waals surface area contributed by atoms with Crippen LogP contribution in [0.4, 0.5) is 5.82 Å². The molecule has 0 atom stereocenters. The molecule has 1 fully saturated rings. The number of hydrogen-bond acceptors (Lipinski definition) is 6. The summed E-state index contributed by atoms with van der Waals surface area (Å²) >= 11 is 0. The largest absolute Gasteiger partial charge is 0.361 e. The van der Waals surface area contributed by atoms with E-state index in [4.69, 9.17) is 10.3 Å². The third-order valence-corrected chi connectivity index (χ3v) is 4.23. The molecule has 0 aliphatic heterocycles. The summed E-state index contributed by atoms with van der Waals surface area (Å²) in [6, 6.07) is 2.39. The Morgan fingerprint density at radius 1 is 1.33 bits per heavy atom. The Morgan fingerprint density at radius 2 is 2.10 bits per heavy atom. The van der Waals surface area contributed by atoms with Crippen LogP contribution in [0.5, 0.6) is 0 Å². The van der Waals surface area contributed by atoms with Gasteiger partial charge in [-0.3, -0.25) is 0 Å². The molecule has 0 aromatic carbocycles. The summed E-state index contributed by atoms with van der Waals surface area (Å²) in [6.45, 7) is 4.62. The Kier molecular flexibility index (Phi) is 3.63. The van der Waals surface area contributed by atoms with Gasteiger partial charge in [-0.25, -0.2) is 9.97 Å². The summed E-state index contributed by atoms with van der Waals surface area (Å²) < 4.78 is 5.21. The second kappa shape index (κ2) is 5.44. The van der Waals surface area contributed by atoms with Crippen LogP contribution in [0.2, 0.25) is 0 Å². The molecular weight excluding hydrogens is 266 g/mol. The van der Waals surface area contributed by atoms with Crippen molar-refractivity contribution >= 4 is 5.82 Å². The van der Waals surface area contributed by atoms with Crippen molar-refractivity contribution < 1.29 is 4.52 Å². The highest BCUT2D eigenvalue weighted by Gasteiger charge is 2.28. The molecule has 1 aliphatic rings. The topological polar surface area (TPSA) is 81.1 Å². The van der Waals surface area contributed by atoms with Crippen molar-refractivity contribution in [3.8, 4) is 0 Å². The van der Waals surface area contributed by atoms with Gasteiger partial charge in [-0.2, -0.15) is 0 Å². The average Bonchev–Trinajstić information content (AvgIpc) is 2.76. The summed E-state index contributed by atoms with van der Waals surface area (Å²) in [7, 11) is 2.02. The van der Waals surface area contributed by atoms with Crippen LogP contribution in [0, 0.1) is 13.8 Å². The number of nitrogens with zero attached hydrogens (tertiary/aromatic N) is 4. The first-order chi connectivity index (χ1) is 10.0. The fourth-order valence-corrected chi connectivity index (χ4v) is 2.74. The Bertz CT molecular complexity index is 613. The molecule has 2 aromatic rings. The van der Waals surface area contributed by atoms with E-state index in [1.165, 1.54) is 0 Å². The first-order valence-corrected chi connectivity index (χ1v) is 7.25. The van der Waals surface area contributed by atoms with E-state index < -0.39 is 0 Å². The van der Waals surface area contributed by atoms with E-state index >= 15 is 0 Å². The minimum absolute atomic E-state index is 0.327. The molecule has 2 aromatic heterocycles. The normalized spacial score (nSPS) is 21.1. The Labute approximate surface area is 124 Å². The van der Waals surface area contributed by atoms with Gasteiger partial charge in [0.1, 0.15) is 17.9 Å². The fraction of sp³-hybridized carbons (Fsp3) is 0.533. The summed E-state index contributed by atoms with van der Waals surface area (Å²) in [5.74, 6) is 2.26. The highest BCUT2D eigenvalue weighted by molar-refractivity contribution is 5.41. The molecule has 0 amide bonds. The maximum Gasteiger partial charge on any atom is 0.138 e. The zero-order chi connectivity index (χ0) is 15.0. The molecule has 0 unspecified atom stereocenters. The van der Waals surface area contributed by atoms with Crippen molar-refractivity contribution in [2.24, 2.45) is 5.73 Å². The molecule has 2 N–H and O–H groups in total. The molecule has 0 saturated heterocycles. The molecule has 112 valence electrons. The van der Waals surface area contributed by atoms with Crippen molar-refractivity contribution in [2.75, 3.05) is 11.9 Å². The number of nitrogens with two attached hydrogens (primary N) is 1. The minimum atomic E-state index is 0.327. The van der Waals surface area contributed by atoms with Gasteiger partial charge in [-0.1, -0.05) is 5.16 Å². The smallest absolute Gasteiger partial charge is 0.138 e. The molecule has 2 heterocycles. The fourth-order valence-electron chi connectivity index (χ4n) is 2.74. The molecule has 21 heavy (non-hydrogen) atoms. The van der Waals surface area contributed by atoms with E-state index in [1.807, 2.05) is 20.9 Å². The van der Waals surface area contributed by atoms with E-state index in [2.05, 4.69) is 26.1 Å². The van der Waals surface area contributed by atoms with Gasteiger partial charge in [-0.05, 0) is 26.7 Å². The van der Waals surface area contributed by atoms with Gasteiger partial charge < -0.3 is 15.2 Å². The van der Waals surface area contributed by atoms with Gasteiger partial charge in [-0.15, -0.1) is 0 Å². The molecule has 1 saturated carbocycles. The maximum absolute atomic E-state index is 5.86. The Hall–Kier alpha value is -1.95. The van der Waals surface area contributed by atoms with Crippen LogP contribution in [-0.2, 0) is 6.54 Å². The van der Waals surface area contributed by atoms with Gasteiger partial charge in [0.05, 0.1) is 5.69 Å². The second-order valence-corrected chi connectivity index (χ2v) is 5.89. The molecular formula is C15H21N5O. The lowest BCUT2D eigenvalue weighted by Crippen LogP contribution is -2.35. The number of aromatic nitrogens is 3. The van der Waals surface area contributed by atoms with Crippen LogP contribution >= 0.6 is 0 Å². The molecule has 3 rings (SSSR count). The van der Waals surface area contributed by atoms with E-state index in [1.54, 1.807) is 6.33 Å². The molecule has 0 bridgehead atoms. The van der Waals surface area contributed by atoms with Crippen molar-refractivity contribution in [1.82, 2.24) is 15.1 Å². The Morgan fingerprint density at radius 3 is 2.71 bits per heavy atom. The molecule has 6 heteroatoms. The van der Waals surface area contributed by atoms with E-state index in [0.717, 1.165) is 47.9 Å². The molecule has 1 aliphatic carbocycles. The summed E-state index contributed by atoms with van der Waals surface area (Å²) in [5, 5.41) is 3.99. The lowest BCUT2D eigenvalue weighted by molar-refractivity contribution is 0.345. The third-order valence-electron chi connectivity index (χ3n) is 4.23. The molecule has 0 radical (unpaired) electrons.